The first-order chi connectivity index (χ1) is 40.5. The van der Waals surface area contributed by atoms with E-state index < -0.39 is 55.9 Å². The Kier molecular flexibility index (Phi) is 22.9. The van der Waals surface area contributed by atoms with Gasteiger partial charge in [0.05, 0.1) is 61.0 Å². The predicted octanol–water partition coefficient (Wildman–Crippen LogP) is 12.0. The number of sulfone groups is 2. The largest absolute Gasteiger partial charge is 0.497 e. The Morgan fingerprint density at radius 3 is 1.09 bits per heavy atom. The number of halogens is 2. The second-order valence-electron chi connectivity index (χ2n) is 22.5. The zero-order valence-corrected chi connectivity index (χ0v) is 59.1. The molecule has 460 valence electrons. The summed E-state index contributed by atoms with van der Waals surface area (Å²) in [6, 6.07) is 35.3. The van der Waals surface area contributed by atoms with Gasteiger partial charge in [0.15, 0.2) is 32.2 Å². The predicted molar refractivity (Wildman–Crippen MR) is 356 cm³/mol. The van der Waals surface area contributed by atoms with E-state index in [9.17, 15) is 33.7 Å². The number of aliphatic imine (C=N–C) groups is 1. The number of rotatable bonds is 26. The first-order valence-electron chi connectivity index (χ1n) is 27.0. The van der Waals surface area contributed by atoms with E-state index in [-0.39, 0.29) is 87.4 Å². The van der Waals surface area contributed by atoms with E-state index in [0.717, 1.165) is 0 Å². The van der Waals surface area contributed by atoms with Crippen LogP contribution in [0.4, 0.5) is 0 Å². The second kappa shape index (κ2) is 28.9. The van der Waals surface area contributed by atoms with Crippen molar-refractivity contribution in [1.29, 1.82) is 0 Å². The molecule has 2 aliphatic rings. The molecule has 0 amide bonds. The number of hydrogen-bond donors (Lipinski definition) is 0. The Morgan fingerprint density at radius 2 is 0.802 bits per heavy atom. The Bertz CT molecular complexity index is 3900. The molecule has 0 saturated heterocycles. The lowest BCUT2D eigenvalue weighted by Crippen LogP contribution is -2.33. The van der Waals surface area contributed by atoms with Crippen LogP contribution in [0.25, 0.3) is 0 Å². The number of methoxy groups -OCH3 is 4. The van der Waals surface area contributed by atoms with Gasteiger partial charge in [0.2, 0.25) is 20.0 Å². The summed E-state index contributed by atoms with van der Waals surface area (Å²) in [6.07, 6.45) is 0. The van der Waals surface area contributed by atoms with E-state index in [1.54, 1.807) is 138 Å². The zero-order valence-electron chi connectivity index (χ0n) is 49.5. The second-order valence-corrected chi connectivity index (χ2v) is 44.0. The van der Waals surface area contributed by atoms with Crippen molar-refractivity contribution in [3.8, 4) is 23.0 Å². The van der Waals surface area contributed by atoms with Gasteiger partial charge in [0.1, 0.15) is 39.3 Å². The summed E-state index contributed by atoms with van der Waals surface area (Å²) in [5, 5.41) is 19.7. The molecule has 28 heteroatoms. The average molecular weight is 1510 g/mol. The molecular weight excluding hydrogens is 1440 g/mol. The molecule has 0 saturated carbocycles. The van der Waals surface area contributed by atoms with Crippen LogP contribution in [-0.4, -0.2) is 123 Å². The van der Waals surface area contributed by atoms with Gasteiger partial charge >= 0.3 is 0 Å². The van der Waals surface area contributed by atoms with Crippen molar-refractivity contribution in [1.82, 2.24) is 8.61 Å². The molecule has 0 aliphatic carbocycles. The molecule has 6 aromatic rings. The van der Waals surface area contributed by atoms with E-state index in [4.69, 9.17) is 18.9 Å². The summed E-state index contributed by atoms with van der Waals surface area (Å²) in [7, 11) is -14.2. The van der Waals surface area contributed by atoms with Crippen LogP contribution in [0.5, 0.6) is 23.0 Å². The molecule has 0 unspecified atom stereocenters. The van der Waals surface area contributed by atoms with Gasteiger partial charge in [-0.2, -0.15) is 18.8 Å². The van der Waals surface area contributed by atoms with Gasteiger partial charge < -0.3 is 18.9 Å². The molecule has 0 bridgehead atoms. The highest BCUT2D eigenvalue weighted by Gasteiger charge is 2.40. The normalized spacial score (nSPS) is 13.8. The minimum absolute atomic E-state index is 0.0150. The third-order valence-electron chi connectivity index (χ3n) is 13.7. The lowest BCUT2D eigenvalue weighted by molar-refractivity contribution is 0.396. The van der Waals surface area contributed by atoms with Crippen molar-refractivity contribution in [2.24, 2.45) is 30.7 Å². The van der Waals surface area contributed by atoms with Crippen LogP contribution in [-0.2, 0) is 65.9 Å². The van der Waals surface area contributed by atoms with Gasteiger partial charge in [0, 0.05) is 55.0 Å². The van der Waals surface area contributed by atoms with Gasteiger partial charge in [0.25, 0.3) is 0 Å². The van der Waals surface area contributed by atoms with Crippen molar-refractivity contribution in [2.75, 3.05) is 53.2 Å². The number of amidine groups is 1. The molecule has 0 spiro atoms. The number of nitrogens with zero attached hydrogens (tertiary/aromatic N) is 8. The van der Waals surface area contributed by atoms with Crippen LogP contribution in [0, 0.1) is 7.14 Å². The topological polar surface area (TPSA) is 254 Å². The van der Waals surface area contributed by atoms with Crippen LogP contribution in [0.3, 0.4) is 0 Å². The van der Waals surface area contributed by atoms with Crippen molar-refractivity contribution in [3.05, 3.63) is 162 Å². The number of hydrogen-bond acceptors (Lipinski definition) is 18. The van der Waals surface area contributed by atoms with Gasteiger partial charge in [-0.25, -0.2) is 38.7 Å². The molecule has 86 heavy (non-hydrogen) atoms. The molecule has 0 radical (unpaired) electrons. The number of sulfonamides is 2. The van der Waals surface area contributed by atoms with E-state index >= 15 is 0 Å². The third kappa shape index (κ3) is 17.5. The average Bonchev–Trinajstić information content (AvgIpc) is 2.56. The van der Waals surface area contributed by atoms with E-state index in [1.165, 1.54) is 20.7 Å². The van der Waals surface area contributed by atoms with E-state index in [2.05, 4.69) is 69.9 Å². The molecule has 2 aliphatic heterocycles. The summed E-state index contributed by atoms with van der Waals surface area (Å²) in [5.74, 6) is 2.33. The Balaban J connectivity index is 0.000000246. The van der Waals surface area contributed by atoms with Crippen molar-refractivity contribution >= 4 is 113 Å². The highest BCUT2D eigenvalue weighted by Crippen LogP contribution is 2.38. The van der Waals surface area contributed by atoms with Crippen molar-refractivity contribution in [2.45, 2.75) is 97.1 Å². The molecule has 8 rings (SSSR count). The minimum Gasteiger partial charge on any atom is -0.497 e. The summed E-state index contributed by atoms with van der Waals surface area (Å²) in [5.41, 5.74) is 3.48. The van der Waals surface area contributed by atoms with Crippen LogP contribution >= 0.6 is 45.2 Å². The minimum atomic E-state index is -4.47. The molecule has 0 fully saturated rings. The molecule has 0 N–H and O–H groups in total. The quantitative estimate of drug-likeness (QED) is 0.0363. The maximum atomic E-state index is 14.9. The summed E-state index contributed by atoms with van der Waals surface area (Å²) >= 11 is 4.02. The van der Waals surface area contributed by atoms with Crippen molar-refractivity contribution in [3.63, 3.8) is 0 Å². The zero-order chi connectivity index (χ0) is 62.8. The van der Waals surface area contributed by atoms with Crippen LogP contribution in [0.2, 0.25) is 51.4 Å². The van der Waals surface area contributed by atoms with Crippen LogP contribution < -0.4 is 18.9 Å². The van der Waals surface area contributed by atoms with Crippen LogP contribution in [0.1, 0.15) is 33.4 Å². The van der Waals surface area contributed by atoms with Gasteiger partial charge in [-0.15, -0.1) is 10.2 Å². The molecular formula is C58H70I2N8O12S4Si2. The fourth-order valence-corrected chi connectivity index (χ4v) is 24.2. The maximum absolute atomic E-state index is 14.9. The molecule has 2 heterocycles. The number of azo groups is 1. The third-order valence-corrected chi connectivity index (χ3v) is 27.3. The van der Waals surface area contributed by atoms with E-state index in [0.29, 0.717) is 70.2 Å². The molecule has 0 aromatic heterocycles. The Morgan fingerprint density at radius 1 is 0.465 bits per heavy atom. The maximum Gasteiger partial charge on any atom is 0.245 e. The summed E-state index contributed by atoms with van der Waals surface area (Å²) in [4.78, 5) is 3.20. The number of ether oxygens (including phenoxy) is 4. The van der Waals surface area contributed by atoms with Gasteiger partial charge in [-0.1, -0.05) is 87.8 Å². The lowest BCUT2D eigenvalue weighted by atomic mass is 10.1. The number of benzene rings is 6. The first-order valence-corrected chi connectivity index (χ1v) is 42.7. The Hall–Kier alpha value is -5.33. The van der Waals surface area contributed by atoms with Gasteiger partial charge in [-0.05, 0) is 158 Å². The van der Waals surface area contributed by atoms with E-state index in [1.807, 2.05) is 45.2 Å². The lowest BCUT2D eigenvalue weighted by Gasteiger charge is -2.26. The highest BCUT2D eigenvalue weighted by atomic mass is 127. The van der Waals surface area contributed by atoms with Crippen molar-refractivity contribution < 1.29 is 52.6 Å². The monoisotopic (exact) mass is 1510 g/mol. The SMILES string of the molecule is COc1ccc(CN(Cc2ccc(OC)cc2)S(=O)(=O)c2c(S(=O)(=O)CC[Si](C)(C)C)ccc(I)c2C2=NCN=N2)cc1.COc1ccc(CN(Cc2ccc(OC)cc2)S(=O)(=O)c2c(S(=O)(=O)CC[Si](C)(C)C)ccc(I)c2C2=NN=NC2)cc1. The van der Waals surface area contributed by atoms with Gasteiger partial charge in [-0.3, -0.25) is 0 Å². The fraction of sp³-hybridized carbons (Fsp3) is 0.345. The fourth-order valence-electron chi connectivity index (χ4n) is 8.81. The van der Waals surface area contributed by atoms with Crippen LogP contribution in [0.15, 0.2) is 172 Å². The molecule has 20 nitrogen and oxygen atoms in total. The summed E-state index contributed by atoms with van der Waals surface area (Å²) in [6.45, 7) is 12.5. The highest BCUT2D eigenvalue weighted by molar-refractivity contribution is 14.1. The Labute approximate surface area is 534 Å². The molecule has 0 atom stereocenters. The molecule has 6 aromatic carbocycles. The smallest absolute Gasteiger partial charge is 0.245 e. The standard InChI is InChI=1S/2C29H35IN4O6S2Si/c1-39-23-10-6-21(7-11-23)19-34(20-22-8-12-24(40-2)13-9-22)42(37,38)29-27(41(35,36)16-17-43(3,4)5)15-14-25(30)28(29)26-18-31-33-32-26;1-39-23-10-6-21(7-11-23)18-34(19-22-8-12-24(40-2)13-9-22)42(37,38)28-26(41(35,36)16-17-43(3,4)5)15-14-25(30)27(28)29-31-20-32-33-29/h2*6-15H,16-20H2,1-5H3. The first kappa shape index (κ1) is 68.2. The summed E-state index contributed by atoms with van der Waals surface area (Å²) < 4.78 is 140.